The normalized spacial score (nSPS) is 13.7. The van der Waals surface area contributed by atoms with E-state index in [1.165, 1.54) is 35.4 Å². The van der Waals surface area contributed by atoms with Crippen LogP contribution >= 0.6 is 0 Å². The molecule has 0 fully saturated rings. The minimum absolute atomic E-state index is 0.234. The van der Waals surface area contributed by atoms with Crippen LogP contribution in [0, 0.1) is 0 Å². The molecule has 0 radical (unpaired) electrons. The minimum atomic E-state index is -4.78. The number of alkyl halides is 3. The number of hydrogen-bond acceptors (Lipinski definition) is 5. The third-order valence-electron chi connectivity index (χ3n) is 6.80. The van der Waals surface area contributed by atoms with E-state index in [0.29, 0.717) is 16.6 Å². The number of methoxy groups -OCH3 is 2. The topological polar surface area (TPSA) is 75.8 Å². The van der Waals surface area contributed by atoms with Gasteiger partial charge in [0.2, 0.25) is 0 Å². The number of H-pyrrole nitrogens is 1. The van der Waals surface area contributed by atoms with Gasteiger partial charge in [-0.05, 0) is 78.1 Å². The summed E-state index contributed by atoms with van der Waals surface area (Å²) in [4.78, 5) is 18.1. The number of rotatable bonds is 8. The number of carbonyl (C=O) groups excluding carboxylic acids is 1. The third-order valence-corrected chi connectivity index (χ3v) is 6.80. The van der Waals surface area contributed by atoms with Crippen molar-refractivity contribution in [1.29, 1.82) is 0 Å². The summed E-state index contributed by atoms with van der Waals surface area (Å²) in [6.07, 6.45) is -2.97. The minimum Gasteiger partial charge on any atom is -0.493 e. The molecule has 0 atom stereocenters. The van der Waals surface area contributed by atoms with Crippen molar-refractivity contribution in [3.8, 4) is 17.2 Å². The number of carbonyl (C=O) groups is 1. The molecule has 1 aliphatic rings. The van der Waals surface area contributed by atoms with Gasteiger partial charge < -0.3 is 24.5 Å². The molecule has 0 saturated heterocycles. The molecule has 1 amide bonds. The van der Waals surface area contributed by atoms with Crippen LogP contribution in [-0.4, -0.2) is 49.5 Å². The number of amides is 1. The van der Waals surface area contributed by atoms with E-state index >= 15 is 0 Å². The summed E-state index contributed by atoms with van der Waals surface area (Å²) in [5.41, 5.74) is 5.07. The number of nitrogens with one attached hydrogen (secondary N) is 2. The van der Waals surface area contributed by atoms with Crippen molar-refractivity contribution in [3.05, 3.63) is 83.0 Å². The predicted molar refractivity (Wildman–Crippen MR) is 142 cm³/mol. The lowest BCUT2D eigenvalue weighted by atomic mass is 9.98. The number of ether oxygens (including phenoxy) is 3. The van der Waals surface area contributed by atoms with E-state index in [4.69, 9.17) is 9.47 Å². The molecule has 0 aliphatic carbocycles. The molecule has 4 aromatic rings. The van der Waals surface area contributed by atoms with Crippen LogP contribution < -0.4 is 19.5 Å². The molecule has 1 aliphatic heterocycles. The number of fused-ring (bicyclic) bond motifs is 2. The Morgan fingerprint density at radius 3 is 2.38 bits per heavy atom. The van der Waals surface area contributed by atoms with Crippen LogP contribution in [0.3, 0.4) is 0 Å². The number of nitrogens with zero attached hydrogens (tertiary/aromatic N) is 1. The summed E-state index contributed by atoms with van der Waals surface area (Å²) < 4.78 is 52.3. The molecular weight excluding hydrogens is 511 g/mol. The molecule has 0 spiro atoms. The standard InChI is InChI=1S/C29H28F3N3O4/c1-37-26-15-19-10-12-35(17-21(19)16-27(26)38-2)11-9-18-3-5-22(6-4-18)33-28(36)25-14-20-13-23(39-29(30,31)32)7-8-24(20)34-25/h3-8,13-16,34H,9-12,17H2,1-2H3,(H,33,36). The number of aromatic nitrogens is 1. The van der Waals surface area contributed by atoms with Crippen LogP contribution in [0.2, 0.25) is 0 Å². The average Bonchev–Trinajstić information content (AvgIpc) is 3.34. The van der Waals surface area contributed by atoms with E-state index in [2.05, 4.69) is 32.1 Å². The van der Waals surface area contributed by atoms with Crippen molar-refractivity contribution in [1.82, 2.24) is 9.88 Å². The van der Waals surface area contributed by atoms with Gasteiger partial charge >= 0.3 is 6.36 Å². The van der Waals surface area contributed by atoms with E-state index in [-0.39, 0.29) is 11.4 Å². The lowest BCUT2D eigenvalue weighted by Gasteiger charge is -2.29. The number of aromatic amines is 1. The van der Waals surface area contributed by atoms with Crippen LogP contribution in [0.25, 0.3) is 10.9 Å². The largest absolute Gasteiger partial charge is 0.573 e. The Hall–Kier alpha value is -4.18. The average molecular weight is 540 g/mol. The van der Waals surface area contributed by atoms with Crippen LogP contribution in [0.5, 0.6) is 17.2 Å². The molecule has 0 bridgehead atoms. The highest BCUT2D eigenvalue weighted by Crippen LogP contribution is 2.33. The van der Waals surface area contributed by atoms with E-state index in [0.717, 1.165) is 49.5 Å². The van der Waals surface area contributed by atoms with Gasteiger partial charge in [-0.15, -0.1) is 13.2 Å². The maximum absolute atomic E-state index is 12.7. The monoisotopic (exact) mass is 539 g/mol. The molecule has 10 heteroatoms. The molecule has 204 valence electrons. The second-order valence-corrected chi connectivity index (χ2v) is 9.38. The number of hydrogen-bond donors (Lipinski definition) is 2. The van der Waals surface area contributed by atoms with Gasteiger partial charge in [-0.25, -0.2) is 0 Å². The van der Waals surface area contributed by atoms with E-state index in [9.17, 15) is 18.0 Å². The second-order valence-electron chi connectivity index (χ2n) is 9.38. The first-order valence-corrected chi connectivity index (χ1v) is 12.5. The van der Waals surface area contributed by atoms with E-state index in [1.54, 1.807) is 14.2 Å². The SMILES string of the molecule is COc1cc2c(cc1OC)CN(CCc1ccc(NC(=O)c3cc4cc(OC(F)(F)F)ccc4[nH]3)cc1)CC2. The zero-order valence-electron chi connectivity index (χ0n) is 21.5. The summed E-state index contributed by atoms with van der Waals surface area (Å²) in [7, 11) is 3.29. The van der Waals surface area contributed by atoms with Crippen LogP contribution in [0.4, 0.5) is 18.9 Å². The highest BCUT2D eigenvalue weighted by atomic mass is 19.4. The van der Waals surface area contributed by atoms with Crippen LogP contribution in [0.1, 0.15) is 27.2 Å². The smallest absolute Gasteiger partial charge is 0.493 e. The van der Waals surface area contributed by atoms with Crippen LogP contribution in [0.15, 0.2) is 60.7 Å². The van der Waals surface area contributed by atoms with Crippen LogP contribution in [-0.2, 0) is 19.4 Å². The van der Waals surface area contributed by atoms with Gasteiger partial charge in [0, 0.05) is 36.2 Å². The lowest BCUT2D eigenvalue weighted by molar-refractivity contribution is -0.274. The molecular formula is C29H28F3N3O4. The van der Waals surface area contributed by atoms with Crippen molar-refractivity contribution < 1.29 is 32.2 Å². The van der Waals surface area contributed by atoms with Crippen molar-refractivity contribution >= 4 is 22.5 Å². The Labute approximate surface area is 223 Å². The molecule has 1 aromatic heterocycles. The number of benzene rings is 3. The van der Waals surface area contributed by atoms with Gasteiger partial charge in [0.15, 0.2) is 11.5 Å². The summed E-state index contributed by atoms with van der Waals surface area (Å²) in [6, 6.07) is 17.1. The maximum Gasteiger partial charge on any atom is 0.573 e. The quantitative estimate of drug-likeness (QED) is 0.290. The van der Waals surface area contributed by atoms with Gasteiger partial charge in [0.05, 0.1) is 14.2 Å². The van der Waals surface area contributed by atoms with Crippen molar-refractivity contribution in [2.24, 2.45) is 0 Å². The van der Waals surface area contributed by atoms with Crippen molar-refractivity contribution in [3.63, 3.8) is 0 Å². The van der Waals surface area contributed by atoms with Gasteiger partial charge in [0.1, 0.15) is 11.4 Å². The van der Waals surface area contributed by atoms with Gasteiger partial charge in [-0.2, -0.15) is 0 Å². The number of anilines is 1. The van der Waals surface area contributed by atoms with Gasteiger partial charge in [0.25, 0.3) is 5.91 Å². The van der Waals surface area contributed by atoms with E-state index < -0.39 is 12.3 Å². The van der Waals surface area contributed by atoms with Gasteiger partial charge in [-0.1, -0.05) is 12.1 Å². The molecule has 3 aromatic carbocycles. The number of halogens is 3. The summed E-state index contributed by atoms with van der Waals surface area (Å²) in [5.74, 6) is 0.760. The first-order chi connectivity index (χ1) is 18.7. The molecule has 2 heterocycles. The summed E-state index contributed by atoms with van der Waals surface area (Å²) in [6.45, 7) is 2.71. The second kappa shape index (κ2) is 10.9. The van der Waals surface area contributed by atoms with Crippen molar-refractivity contribution in [2.75, 3.05) is 32.6 Å². The molecule has 5 rings (SSSR count). The Kier molecular flexibility index (Phi) is 7.38. The van der Waals surface area contributed by atoms with E-state index in [1.807, 2.05) is 24.3 Å². The van der Waals surface area contributed by atoms with Crippen molar-refractivity contribution in [2.45, 2.75) is 25.7 Å². The zero-order chi connectivity index (χ0) is 27.6. The lowest BCUT2D eigenvalue weighted by Crippen LogP contribution is -2.32. The Morgan fingerprint density at radius 2 is 1.69 bits per heavy atom. The fourth-order valence-electron chi connectivity index (χ4n) is 4.80. The van der Waals surface area contributed by atoms with Gasteiger partial charge in [-0.3, -0.25) is 9.69 Å². The zero-order valence-corrected chi connectivity index (χ0v) is 21.5. The Bertz CT molecular complexity index is 1480. The molecule has 2 N–H and O–H groups in total. The Morgan fingerprint density at radius 1 is 0.974 bits per heavy atom. The highest BCUT2D eigenvalue weighted by Gasteiger charge is 2.31. The molecule has 7 nitrogen and oxygen atoms in total. The fraction of sp³-hybridized carbons (Fsp3) is 0.276. The first kappa shape index (κ1) is 26.4. The highest BCUT2D eigenvalue weighted by molar-refractivity contribution is 6.06. The maximum atomic E-state index is 12.7. The molecule has 0 saturated carbocycles. The summed E-state index contributed by atoms with van der Waals surface area (Å²) >= 11 is 0. The Balaban J connectivity index is 1.16. The fourth-order valence-corrected chi connectivity index (χ4v) is 4.80. The third kappa shape index (κ3) is 6.28. The predicted octanol–water partition coefficient (Wildman–Crippen LogP) is 5.94. The summed E-state index contributed by atoms with van der Waals surface area (Å²) in [5, 5.41) is 3.26. The molecule has 0 unspecified atom stereocenters. The molecule has 39 heavy (non-hydrogen) atoms. The first-order valence-electron chi connectivity index (χ1n) is 12.5.